The van der Waals surface area contributed by atoms with Crippen LogP contribution in [0.15, 0.2) is 12.3 Å². The molecule has 1 aliphatic carbocycles. The number of piperidine rings is 1. The Morgan fingerprint density at radius 1 is 1.20 bits per heavy atom. The smallest absolute Gasteiger partial charge is 0.228 e. The predicted octanol–water partition coefficient (Wildman–Crippen LogP) is 2.39. The summed E-state index contributed by atoms with van der Waals surface area (Å²) >= 11 is 0. The Morgan fingerprint density at radius 2 is 1.88 bits per heavy atom. The van der Waals surface area contributed by atoms with Gasteiger partial charge in [-0.3, -0.25) is 4.79 Å². The summed E-state index contributed by atoms with van der Waals surface area (Å²) in [5, 5.41) is 7.43. The molecule has 0 unspecified atom stereocenters. The summed E-state index contributed by atoms with van der Waals surface area (Å²) in [5.74, 6) is 0.717. The number of aromatic nitrogens is 2. The molecule has 3 rings (SSSR count). The van der Waals surface area contributed by atoms with Crippen LogP contribution in [0.4, 0.5) is 5.82 Å². The Labute approximate surface area is 149 Å². The number of nitrogens with zero attached hydrogens (tertiary/aromatic N) is 3. The molecule has 1 amide bonds. The van der Waals surface area contributed by atoms with E-state index in [1.165, 1.54) is 23.6 Å². The lowest BCUT2D eigenvalue weighted by atomic mass is 9.95. The zero-order chi connectivity index (χ0) is 17.9. The van der Waals surface area contributed by atoms with Crippen LogP contribution in [0.1, 0.15) is 57.9 Å². The first-order chi connectivity index (χ1) is 12.0. The highest BCUT2D eigenvalue weighted by Gasteiger charge is 2.30. The molecule has 0 bridgehead atoms. The minimum atomic E-state index is -3.15. The molecule has 2 aliphatic rings. The Kier molecular flexibility index (Phi) is 5.78. The summed E-state index contributed by atoms with van der Waals surface area (Å²) in [5.41, 5.74) is 0. The standard InChI is InChI=1S/C17H28N4O3S/c1-2-25(23,24)20-12-9-14(10-13-20)17(22)19-16-8-11-18-21(16)15-6-4-3-5-7-15/h8,11,14-15H,2-7,9-10,12-13H2,1H3,(H,19,22). The van der Waals surface area contributed by atoms with Gasteiger partial charge in [0.2, 0.25) is 15.9 Å². The van der Waals surface area contributed by atoms with Crippen molar-refractivity contribution < 1.29 is 13.2 Å². The highest BCUT2D eigenvalue weighted by Crippen LogP contribution is 2.30. The number of anilines is 1. The van der Waals surface area contributed by atoms with Crippen LogP contribution in [0, 0.1) is 5.92 Å². The molecule has 140 valence electrons. The third-order valence-electron chi connectivity index (χ3n) is 5.43. The van der Waals surface area contributed by atoms with Crippen LogP contribution in [-0.2, 0) is 14.8 Å². The van der Waals surface area contributed by atoms with Crippen molar-refractivity contribution in [2.45, 2.75) is 57.9 Å². The molecule has 0 spiro atoms. The quantitative estimate of drug-likeness (QED) is 0.865. The number of hydrogen-bond donors (Lipinski definition) is 1. The zero-order valence-electron chi connectivity index (χ0n) is 14.9. The maximum Gasteiger partial charge on any atom is 0.228 e. The first kappa shape index (κ1) is 18.4. The van der Waals surface area contributed by atoms with E-state index in [-0.39, 0.29) is 17.6 Å². The number of amides is 1. The Hall–Kier alpha value is -1.41. The van der Waals surface area contributed by atoms with Gasteiger partial charge in [-0.25, -0.2) is 17.4 Å². The lowest BCUT2D eigenvalue weighted by Crippen LogP contribution is -2.42. The first-order valence-corrected chi connectivity index (χ1v) is 10.9. The molecule has 1 aromatic rings. The van der Waals surface area contributed by atoms with Gasteiger partial charge in [0.15, 0.2) is 0 Å². The number of carbonyl (C=O) groups is 1. The van der Waals surface area contributed by atoms with Gasteiger partial charge in [-0.2, -0.15) is 5.10 Å². The van der Waals surface area contributed by atoms with Gasteiger partial charge in [0.25, 0.3) is 0 Å². The van der Waals surface area contributed by atoms with Crippen LogP contribution >= 0.6 is 0 Å². The number of nitrogens with one attached hydrogen (secondary N) is 1. The topological polar surface area (TPSA) is 84.3 Å². The molecule has 0 aromatic carbocycles. The van der Waals surface area contributed by atoms with Gasteiger partial charge in [0.1, 0.15) is 5.82 Å². The van der Waals surface area contributed by atoms with Crippen molar-refractivity contribution in [2.24, 2.45) is 5.92 Å². The van der Waals surface area contributed by atoms with Crippen LogP contribution < -0.4 is 5.32 Å². The van der Waals surface area contributed by atoms with E-state index in [0.717, 1.165) is 18.7 Å². The molecule has 1 saturated heterocycles. The molecule has 7 nitrogen and oxygen atoms in total. The molecule has 8 heteroatoms. The summed E-state index contributed by atoms with van der Waals surface area (Å²) in [6, 6.07) is 2.22. The second-order valence-corrected chi connectivity index (χ2v) is 9.27. The maximum atomic E-state index is 12.6. The third-order valence-corrected chi connectivity index (χ3v) is 7.31. The van der Waals surface area contributed by atoms with Crippen molar-refractivity contribution in [3.8, 4) is 0 Å². The fourth-order valence-electron chi connectivity index (χ4n) is 3.84. The average Bonchev–Trinajstić information content (AvgIpc) is 3.10. The number of rotatable bonds is 5. The second kappa shape index (κ2) is 7.86. The van der Waals surface area contributed by atoms with Gasteiger partial charge in [-0.05, 0) is 32.6 Å². The summed E-state index contributed by atoms with van der Waals surface area (Å²) in [4.78, 5) is 12.6. The molecule has 1 aliphatic heterocycles. The van der Waals surface area contributed by atoms with E-state index < -0.39 is 10.0 Å². The SMILES string of the molecule is CCS(=O)(=O)N1CCC(C(=O)Nc2ccnn2C2CCCCC2)CC1. The van der Waals surface area contributed by atoms with Crippen molar-refractivity contribution in [3.63, 3.8) is 0 Å². The van der Waals surface area contributed by atoms with Crippen LogP contribution in [-0.4, -0.2) is 47.3 Å². The van der Waals surface area contributed by atoms with Crippen molar-refractivity contribution in [2.75, 3.05) is 24.2 Å². The lowest BCUT2D eigenvalue weighted by molar-refractivity contribution is -0.121. The van der Waals surface area contributed by atoms with Crippen molar-refractivity contribution in [1.82, 2.24) is 14.1 Å². The van der Waals surface area contributed by atoms with E-state index in [0.29, 0.717) is 32.0 Å². The van der Waals surface area contributed by atoms with Gasteiger partial charge in [-0.1, -0.05) is 19.3 Å². The summed E-state index contributed by atoms with van der Waals surface area (Å²) < 4.78 is 27.3. The molecular weight excluding hydrogens is 340 g/mol. The average molecular weight is 369 g/mol. The molecule has 1 saturated carbocycles. The summed E-state index contributed by atoms with van der Waals surface area (Å²) in [6.45, 7) is 2.51. The van der Waals surface area contributed by atoms with Crippen LogP contribution in [0.2, 0.25) is 0 Å². The van der Waals surface area contributed by atoms with Gasteiger partial charge in [0, 0.05) is 25.1 Å². The van der Waals surface area contributed by atoms with E-state index >= 15 is 0 Å². The maximum absolute atomic E-state index is 12.6. The van der Waals surface area contributed by atoms with E-state index in [2.05, 4.69) is 10.4 Å². The van der Waals surface area contributed by atoms with Crippen LogP contribution in [0.5, 0.6) is 0 Å². The van der Waals surface area contributed by atoms with E-state index in [1.54, 1.807) is 13.1 Å². The second-order valence-electron chi connectivity index (χ2n) is 7.02. The Balaban J connectivity index is 1.58. The first-order valence-electron chi connectivity index (χ1n) is 9.33. The van der Waals surface area contributed by atoms with Crippen molar-refractivity contribution in [1.29, 1.82) is 0 Å². The fraction of sp³-hybridized carbons (Fsp3) is 0.765. The number of hydrogen-bond acceptors (Lipinski definition) is 4. The van der Waals surface area contributed by atoms with E-state index in [4.69, 9.17) is 0 Å². The number of sulfonamides is 1. The summed E-state index contributed by atoms with van der Waals surface area (Å²) in [7, 11) is -3.15. The molecule has 2 fully saturated rings. The molecular formula is C17H28N4O3S. The van der Waals surface area contributed by atoms with Gasteiger partial charge >= 0.3 is 0 Å². The van der Waals surface area contributed by atoms with Gasteiger partial charge < -0.3 is 5.32 Å². The van der Waals surface area contributed by atoms with Gasteiger partial charge in [-0.15, -0.1) is 0 Å². The van der Waals surface area contributed by atoms with Crippen molar-refractivity contribution in [3.05, 3.63) is 12.3 Å². The highest BCUT2D eigenvalue weighted by molar-refractivity contribution is 7.89. The minimum absolute atomic E-state index is 0.0221. The highest BCUT2D eigenvalue weighted by atomic mass is 32.2. The molecule has 25 heavy (non-hydrogen) atoms. The van der Waals surface area contributed by atoms with E-state index in [9.17, 15) is 13.2 Å². The Morgan fingerprint density at radius 3 is 2.52 bits per heavy atom. The molecule has 0 atom stereocenters. The molecule has 0 radical (unpaired) electrons. The predicted molar refractivity (Wildman–Crippen MR) is 96.7 cm³/mol. The monoisotopic (exact) mass is 368 g/mol. The van der Waals surface area contributed by atoms with E-state index in [1.807, 2.05) is 10.7 Å². The third kappa shape index (κ3) is 4.23. The van der Waals surface area contributed by atoms with Crippen LogP contribution in [0.3, 0.4) is 0 Å². The number of carbonyl (C=O) groups excluding carboxylic acids is 1. The van der Waals surface area contributed by atoms with Crippen LogP contribution in [0.25, 0.3) is 0 Å². The zero-order valence-corrected chi connectivity index (χ0v) is 15.7. The largest absolute Gasteiger partial charge is 0.311 e. The normalized spacial score (nSPS) is 21.3. The molecule has 1 N–H and O–H groups in total. The Bertz CT molecular complexity index is 687. The summed E-state index contributed by atoms with van der Waals surface area (Å²) in [6.07, 6.45) is 8.80. The van der Waals surface area contributed by atoms with Gasteiger partial charge in [0.05, 0.1) is 18.0 Å². The molecule has 1 aromatic heterocycles. The minimum Gasteiger partial charge on any atom is -0.311 e. The fourth-order valence-corrected chi connectivity index (χ4v) is 4.97. The molecule has 2 heterocycles. The van der Waals surface area contributed by atoms with Crippen molar-refractivity contribution >= 4 is 21.7 Å². The lowest BCUT2D eigenvalue weighted by Gasteiger charge is -2.30.